The summed E-state index contributed by atoms with van der Waals surface area (Å²) in [6, 6.07) is 6.48. The molecule has 0 aliphatic rings. The number of nitrogens with one attached hydrogen (secondary N) is 1. The summed E-state index contributed by atoms with van der Waals surface area (Å²) in [5.41, 5.74) is 1.33. The fourth-order valence-corrected chi connectivity index (χ4v) is 1.19. The van der Waals surface area contributed by atoms with E-state index < -0.39 is 0 Å². The van der Waals surface area contributed by atoms with E-state index in [4.69, 9.17) is 0 Å². The number of H-pyrrole nitrogens is 1. The molecule has 0 aliphatic carbocycles. The number of rotatable bonds is 2. The van der Waals surface area contributed by atoms with Crippen molar-refractivity contribution in [1.29, 1.82) is 0 Å². The van der Waals surface area contributed by atoms with E-state index in [1.54, 1.807) is 18.2 Å². The number of hydrogen-bond donors (Lipinski definition) is 2. The molecule has 0 fully saturated rings. The van der Waals surface area contributed by atoms with Crippen molar-refractivity contribution < 1.29 is 9.90 Å². The summed E-state index contributed by atoms with van der Waals surface area (Å²) in [6.45, 7) is 0. The van der Waals surface area contributed by atoms with Gasteiger partial charge in [-0.1, -0.05) is 12.1 Å². The summed E-state index contributed by atoms with van der Waals surface area (Å²) in [5, 5.41) is 19.1. The Morgan fingerprint density at radius 2 is 2.21 bits per heavy atom. The molecule has 5 heteroatoms. The number of benzene rings is 1. The largest absolute Gasteiger partial charge is 0.508 e. The molecule has 0 atom stereocenters. The molecule has 2 aromatic rings. The van der Waals surface area contributed by atoms with Crippen molar-refractivity contribution in [2.24, 2.45) is 0 Å². The third-order valence-electron chi connectivity index (χ3n) is 1.81. The second-order valence-electron chi connectivity index (χ2n) is 2.73. The van der Waals surface area contributed by atoms with Gasteiger partial charge < -0.3 is 5.11 Å². The summed E-state index contributed by atoms with van der Waals surface area (Å²) in [4.78, 5) is 10.6. The van der Waals surface area contributed by atoms with E-state index in [0.717, 1.165) is 0 Å². The minimum atomic E-state index is 0.127. The number of aromatic nitrogens is 3. The Bertz CT molecular complexity index is 465. The number of carbonyl (C=O) groups excluding carboxylic acids is 1. The van der Waals surface area contributed by atoms with Crippen LogP contribution in [0, 0.1) is 0 Å². The Balaban J connectivity index is 2.54. The van der Waals surface area contributed by atoms with Crippen molar-refractivity contribution in [3.05, 3.63) is 30.0 Å². The fourth-order valence-electron chi connectivity index (χ4n) is 1.19. The number of nitrogens with zero attached hydrogens (tertiary/aromatic N) is 2. The molecule has 0 radical (unpaired) electrons. The Labute approximate surface area is 79.4 Å². The third kappa shape index (κ3) is 1.35. The first-order valence-electron chi connectivity index (χ1n) is 3.96. The van der Waals surface area contributed by atoms with Crippen LogP contribution >= 0.6 is 0 Å². The Hall–Kier alpha value is -2.17. The molecule has 0 spiro atoms. The van der Waals surface area contributed by atoms with Crippen LogP contribution < -0.4 is 0 Å². The normalized spacial score (nSPS) is 10.0. The number of phenols is 1. The van der Waals surface area contributed by atoms with E-state index >= 15 is 0 Å². The highest BCUT2D eigenvalue weighted by atomic mass is 16.3. The molecular weight excluding hydrogens is 182 g/mol. The van der Waals surface area contributed by atoms with Crippen LogP contribution in [-0.2, 0) is 0 Å². The van der Waals surface area contributed by atoms with Gasteiger partial charge >= 0.3 is 0 Å². The number of aromatic amines is 1. The minimum Gasteiger partial charge on any atom is -0.508 e. The van der Waals surface area contributed by atoms with Gasteiger partial charge in [0, 0.05) is 5.56 Å². The predicted octanol–water partition coefficient (Wildman–Crippen LogP) is 0.990. The van der Waals surface area contributed by atoms with Crippen molar-refractivity contribution in [2.45, 2.75) is 0 Å². The molecule has 0 amide bonds. The molecule has 1 heterocycles. The molecule has 0 aliphatic heterocycles. The number of carbonyl (C=O) groups is 1. The second-order valence-corrected chi connectivity index (χ2v) is 2.73. The van der Waals surface area contributed by atoms with Crippen molar-refractivity contribution in [3.63, 3.8) is 0 Å². The first-order valence-corrected chi connectivity index (χ1v) is 3.96. The molecule has 0 saturated carbocycles. The number of hydrogen-bond acceptors (Lipinski definition) is 4. The lowest BCUT2D eigenvalue weighted by atomic mass is 10.1. The summed E-state index contributed by atoms with van der Waals surface area (Å²) in [7, 11) is 0. The smallest absolute Gasteiger partial charge is 0.172 e. The Morgan fingerprint density at radius 3 is 2.93 bits per heavy atom. The number of aromatic hydroxyl groups is 1. The lowest BCUT2D eigenvalue weighted by Gasteiger charge is -1.96. The summed E-state index contributed by atoms with van der Waals surface area (Å²) in [6.07, 6.45) is 0.614. The average Bonchev–Trinajstić information content (AvgIpc) is 2.65. The van der Waals surface area contributed by atoms with Crippen LogP contribution in [0.4, 0.5) is 0 Å². The van der Waals surface area contributed by atoms with Crippen molar-refractivity contribution >= 4 is 6.29 Å². The van der Waals surface area contributed by atoms with Crippen LogP contribution in [0.1, 0.15) is 10.5 Å². The molecule has 0 saturated heterocycles. The molecule has 5 nitrogen and oxygen atoms in total. The van der Waals surface area contributed by atoms with Gasteiger partial charge in [-0.25, -0.2) is 0 Å². The maximum atomic E-state index is 10.6. The van der Waals surface area contributed by atoms with Crippen LogP contribution in [0.5, 0.6) is 5.75 Å². The van der Waals surface area contributed by atoms with Crippen LogP contribution in [0.15, 0.2) is 24.3 Å². The molecule has 70 valence electrons. The van der Waals surface area contributed by atoms with E-state index in [1.165, 1.54) is 6.07 Å². The third-order valence-corrected chi connectivity index (χ3v) is 1.81. The quantitative estimate of drug-likeness (QED) is 0.690. The predicted molar refractivity (Wildman–Crippen MR) is 48.9 cm³/mol. The van der Waals surface area contributed by atoms with Gasteiger partial charge in [0.05, 0.1) is 0 Å². The topological polar surface area (TPSA) is 78.9 Å². The Kier molecular flexibility index (Phi) is 1.98. The monoisotopic (exact) mass is 189 g/mol. The van der Waals surface area contributed by atoms with Gasteiger partial charge in [-0.15, -0.1) is 0 Å². The molecule has 1 aromatic carbocycles. The number of aldehydes is 1. The number of phenolic OH excluding ortho intramolecular Hbond substituents is 1. The standard InChI is InChI=1S/C9H7N3O2/c13-5-8-9(11-12-10-8)6-2-1-3-7(14)4-6/h1-5,14H,(H,10,11,12). The van der Waals surface area contributed by atoms with Gasteiger partial charge in [0.25, 0.3) is 0 Å². The lowest BCUT2D eigenvalue weighted by molar-refractivity contribution is 0.111. The van der Waals surface area contributed by atoms with E-state index in [-0.39, 0.29) is 11.4 Å². The van der Waals surface area contributed by atoms with Crippen LogP contribution in [-0.4, -0.2) is 26.8 Å². The van der Waals surface area contributed by atoms with E-state index in [9.17, 15) is 9.90 Å². The molecule has 2 rings (SSSR count). The van der Waals surface area contributed by atoms with Crippen LogP contribution in [0.25, 0.3) is 11.3 Å². The van der Waals surface area contributed by atoms with E-state index in [2.05, 4.69) is 15.4 Å². The molecule has 2 N–H and O–H groups in total. The molecule has 1 aromatic heterocycles. The van der Waals surface area contributed by atoms with Gasteiger partial charge in [-0.3, -0.25) is 4.79 Å². The maximum Gasteiger partial charge on any atom is 0.172 e. The first-order chi connectivity index (χ1) is 6.81. The highest BCUT2D eigenvalue weighted by Gasteiger charge is 2.08. The van der Waals surface area contributed by atoms with E-state index in [0.29, 0.717) is 17.5 Å². The first kappa shape index (κ1) is 8.43. The molecular formula is C9H7N3O2. The van der Waals surface area contributed by atoms with Crippen LogP contribution in [0.3, 0.4) is 0 Å². The van der Waals surface area contributed by atoms with Crippen LogP contribution in [0.2, 0.25) is 0 Å². The minimum absolute atomic E-state index is 0.127. The van der Waals surface area contributed by atoms with Gasteiger partial charge in [-0.2, -0.15) is 15.4 Å². The van der Waals surface area contributed by atoms with Gasteiger partial charge in [0.1, 0.15) is 11.4 Å². The SMILES string of the molecule is O=Cc1n[nH]nc1-c1cccc(O)c1. The zero-order valence-electron chi connectivity index (χ0n) is 7.14. The van der Waals surface area contributed by atoms with Crippen molar-refractivity contribution in [3.8, 4) is 17.0 Å². The van der Waals surface area contributed by atoms with Gasteiger partial charge in [0.15, 0.2) is 12.0 Å². The zero-order chi connectivity index (χ0) is 9.97. The second kappa shape index (κ2) is 3.29. The highest BCUT2D eigenvalue weighted by molar-refractivity contribution is 5.83. The molecule has 14 heavy (non-hydrogen) atoms. The molecule has 0 bridgehead atoms. The maximum absolute atomic E-state index is 10.6. The van der Waals surface area contributed by atoms with Crippen molar-refractivity contribution in [1.82, 2.24) is 15.4 Å². The fraction of sp³-hybridized carbons (Fsp3) is 0. The zero-order valence-corrected chi connectivity index (χ0v) is 7.14. The summed E-state index contributed by atoms with van der Waals surface area (Å²) >= 11 is 0. The average molecular weight is 189 g/mol. The highest BCUT2D eigenvalue weighted by Crippen LogP contribution is 2.22. The van der Waals surface area contributed by atoms with Crippen molar-refractivity contribution in [2.75, 3.05) is 0 Å². The summed E-state index contributed by atoms with van der Waals surface area (Å²) < 4.78 is 0. The van der Waals surface area contributed by atoms with E-state index in [1.807, 2.05) is 0 Å². The summed E-state index contributed by atoms with van der Waals surface area (Å²) in [5.74, 6) is 0.127. The Morgan fingerprint density at radius 1 is 1.36 bits per heavy atom. The van der Waals surface area contributed by atoms with Gasteiger partial charge in [0.2, 0.25) is 0 Å². The van der Waals surface area contributed by atoms with Gasteiger partial charge in [-0.05, 0) is 12.1 Å². The molecule has 0 unspecified atom stereocenters. The lowest BCUT2D eigenvalue weighted by Crippen LogP contribution is -1.85.